The van der Waals surface area contributed by atoms with Crippen LogP contribution in [0, 0.1) is 0 Å². The lowest BCUT2D eigenvalue weighted by molar-refractivity contribution is -0.140. The number of hydrogen-bond acceptors (Lipinski definition) is 6. The van der Waals surface area contributed by atoms with Crippen molar-refractivity contribution < 1.29 is 28.9 Å². The van der Waals surface area contributed by atoms with Crippen molar-refractivity contribution >= 4 is 17.4 Å². The summed E-state index contributed by atoms with van der Waals surface area (Å²) >= 11 is 0. The van der Waals surface area contributed by atoms with Gasteiger partial charge in [-0.15, -0.1) is 0 Å². The van der Waals surface area contributed by atoms with Gasteiger partial charge in [-0.25, -0.2) is 0 Å². The Kier molecular flexibility index (Phi) is 7.59. The lowest BCUT2D eigenvalue weighted by Crippen LogP contribution is -2.29. The highest BCUT2D eigenvalue weighted by molar-refractivity contribution is 6.46. The average Bonchev–Trinajstić information content (AvgIpc) is 3.43. The summed E-state index contributed by atoms with van der Waals surface area (Å²) in [6.45, 7) is 7.06. The van der Waals surface area contributed by atoms with Gasteiger partial charge in [-0.1, -0.05) is 43.3 Å². The molecule has 1 saturated heterocycles. The number of carbonyl (C=O) groups excluding carboxylic acids is 2. The Labute approximate surface area is 228 Å². The van der Waals surface area contributed by atoms with E-state index in [9.17, 15) is 14.7 Å². The Morgan fingerprint density at radius 2 is 1.79 bits per heavy atom. The first kappa shape index (κ1) is 26.4. The van der Waals surface area contributed by atoms with Crippen molar-refractivity contribution in [3.05, 3.63) is 94.6 Å². The van der Waals surface area contributed by atoms with Crippen molar-refractivity contribution in [1.82, 2.24) is 4.90 Å². The molecule has 3 aromatic carbocycles. The summed E-state index contributed by atoms with van der Waals surface area (Å²) in [6, 6.07) is 19.5. The van der Waals surface area contributed by atoms with Crippen molar-refractivity contribution in [2.45, 2.75) is 52.3 Å². The van der Waals surface area contributed by atoms with Gasteiger partial charge >= 0.3 is 0 Å². The van der Waals surface area contributed by atoms with Crippen LogP contribution in [0.3, 0.4) is 0 Å². The van der Waals surface area contributed by atoms with Crippen LogP contribution in [0.5, 0.6) is 17.2 Å². The summed E-state index contributed by atoms with van der Waals surface area (Å²) in [7, 11) is 0. The van der Waals surface area contributed by atoms with Gasteiger partial charge in [0, 0.05) is 18.5 Å². The molecule has 0 saturated carbocycles. The molecule has 2 unspecified atom stereocenters. The van der Waals surface area contributed by atoms with E-state index in [1.165, 1.54) is 4.90 Å². The maximum absolute atomic E-state index is 13.5. The highest BCUT2D eigenvalue weighted by Crippen LogP contribution is 2.43. The topological polar surface area (TPSA) is 85.3 Å². The zero-order valence-corrected chi connectivity index (χ0v) is 22.5. The zero-order chi connectivity index (χ0) is 27.5. The number of ketones is 1. The molecule has 1 amide bonds. The average molecular weight is 528 g/mol. The first-order valence-electron chi connectivity index (χ1n) is 13.4. The minimum atomic E-state index is -0.812. The second kappa shape index (κ2) is 11.2. The van der Waals surface area contributed by atoms with E-state index >= 15 is 0 Å². The van der Waals surface area contributed by atoms with Crippen LogP contribution in [0.15, 0.2) is 72.3 Å². The lowest BCUT2D eigenvalue weighted by Gasteiger charge is -2.26. The number of aliphatic hydroxyl groups is 1. The fourth-order valence-electron chi connectivity index (χ4n) is 5.19. The smallest absolute Gasteiger partial charge is 0.295 e. The van der Waals surface area contributed by atoms with Crippen LogP contribution in [-0.2, 0) is 22.6 Å². The Morgan fingerprint density at radius 3 is 2.54 bits per heavy atom. The second-order valence-corrected chi connectivity index (χ2v) is 9.86. The number of amides is 1. The number of hydrogen-bond donors (Lipinski definition) is 1. The lowest BCUT2D eigenvalue weighted by atomic mass is 9.94. The highest BCUT2D eigenvalue weighted by Gasteiger charge is 2.46. The molecule has 1 N–H and O–H groups in total. The van der Waals surface area contributed by atoms with Gasteiger partial charge in [0.05, 0.1) is 24.8 Å². The maximum Gasteiger partial charge on any atom is 0.295 e. The molecule has 3 aromatic rings. The normalized spacial score (nSPS) is 19.6. The van der Waals surface area contributed by atoms with E-state index in [0.717, 1.165) is 23.3 Å². The molecule has 2 aliphatic heterocycles. The number of likely N-dealkylation sites (tertiary alicyclic amines) is 1. The van der Waals surface area contributed by atoms with Gasteiger partial charge in [0.15, 0.2) is 11.5 Å². The zero-order valence-electron chi connectivity index (χ0n) is 22.5. The van der Waals surface area contributed by atoms with Crippen molar-refractivity contribution in [1.29, 1.82) is 0 Å². The molecule has 2 atom stereocenters. The van der Waals surface area contributed by atoms with E-state index in [1.54, 1.807) is 24.3 Å². The van der Waals surface area contributed by atoms with Gasteiger partial charge in [0.25, 0.3) is 11.7 Å². The Bertz CT molecular complexity index is 1410. The molecule has 1 fully saturated rings. The molecule has 202 valence electrons. The van der Waals surface area contributed by atoms with Gasteiger partial charge in [0.1, 0.15) is 17.6 Å². The number of nitrogens with zero attached hydrogens (tertiary/aromatic N) is 1. The summed E-state index contributed by atoms with van der Waals surface area (Å²) in [5, 5.41) is 11.5. The number of Topliss-reactive ketones (excluding diaryl/α,β-unsaturated/α-hetero) is 1. The van der Waals surface area contributed by atoms with E-state index in [1.807, 2.05) is 63.2 Å². The van der Waals surface area contributed by atoms with Crippen LogP contribution in [0.25, 0.3) is 5.76 Å². The predicted octanol–water partition coefficient (Wildman–Crippen LogP) is 5.82. The van der Waals surface area contributed by atoms with E-state index in [0.29, 0.717) is 42.3 Å². The predicted molar refractivity (Wildman–Crippen MR) is 148 cm³/mol. The van der Waals surface area contributed by atoms with Crippen molar-refractivity contribution in [2.75, 3.05) is 13.2 Å². The molecule has 0 aliphatic carbocycles. The summed E-state index contributed by atoms with van der Waals surface area (Å²) in [6.07, 6.45) is 1.59. The standard InChI is InChI=1S/C32H33NO6/c1-4-15-38-26-14-11-22(18-27(26)37-5-2)29-28(30(34)23-12-13-25-24(17-23)16-20(3)39-25)31(35)32(36)33(29)19-21-9-7-6-8-10-21/h6-14,17-18,20,29,34H,4-5,15-16,19H2,1-3H3/b30-28-. The molecule has 0 aromatic heterocycles. The third kappa shape index (κ3) is 5.21. The minimum absolute atomic E-state index is 0.0410. The van der Waals surface area contributed by atoms with Gasteiger partial charge in [-0.2, -0.15) is 0 Å². The summed E-state index contributed by atoms with van der Waals surface area (Å²) in [5.41, 5.74) is 3.00. The molecule has 5 rings (SSSR count). The molecule has 39 heavy (non-hydrogen) atoms. The van der Waals surface area contributed by atoms with E-state index in [2.05, 4.69) is 0 Å². The molecule has 7 nitrogen and oxygen atoms in total. The van der Waals surface area contributed by atoms with Crippen molar-refractivity contribution in [3.8, 4) is 17.2 Å². The van der Waals surface area contributed by atoms with Crippen molar-refractivity contribution in [3.63, 3.8) is 0 Å². The molecule has 2 heterocycles. The fourth-order valence-corrected chi connectivity index (χ4v) is 5.19. The summed E-state index contributed by atoms with van der Waals surface area (Å²) in [4.78, 5) is 28.5. The number of fused-ring (bicyclic) bond motifs is 1. The molecule has 7 heteroatoms. The summed E-state index contributed by atoms with van der Waals surface area (Å²) in [5.74, 6) is 0.299. The number of benzene rings is 3. The van der Waals surface area contributed by atoms with Crippen LogP contribution >= 0.6 is 0 Å². The SMILES string of the molecule is CCCOc1ccc(C2/C(=C(/O)c3ccc4c(c3)CC(C)O4)C(=O)C(=O)N2Cc2ccccc2)cc1OCC. The van der Waals surface area contributed by atoms with Crippen LogP contribution in [0.2, 0.25) is 0 Å². The van der Waals surface area contributed by atoms with Crippen LogP contribution in [0.4, 0.5) is 0 Å². The quantitative estimate of drug-likeness (QED) is 0.214. The van der Waals surface area contributed by atoms with Crippen LogP contribution in [0.1, 0.15) is 55.5 Å². The minimum Gasteiger partial charge on any atom is -0.507 e. The number of ether oxygens (including phenoxy) is 3. The molecule has 0 radical (unpaired) electrons. The highest BCUT2D eigenvalue weighted by atomic mass is 16.5. The Hall–Kier alpha value is -4.26. The van der Waals surface area contributed by atoms with E-state index in [-0.39, 0.29) is 24.0 Å². The Morgan fingerprint density at radius 1 is 1.00 bits per heavy atom. The monoisotopic (exact) mass is 527 g/mol. The van der Waals surface area contributed by atoms with E-state index in [4.69, 9.17) is 14.2 Å². The molecule has 0 spiro atoms. The van der Waals surface area contributed by atoms with Gasteiger partial charge < -0.3 is 24.2 Å². The Balaban J connectivity index is 1.63. The third-order valence-electron chi connectivity index (χ3n) is 6.95. The number of carbonyl (C=O) groups is 2. The summed E-state index contributed by atoms with van der Waals surface area (Å²) < 4.78 is 17.5. The molecule has 0 bridgehead atoms. The van der Waals surface area contributed by atoms with Crippen molar-refractivity contribution in [2.24, 2.45) is 0 Å². The number of rotatable bonds is 9. The van der Waals surface area contributed by atoms with E-state index < -0.39 is 17.7 Å². The number of aliphatic hydroxyl groups excluding tert-OH is 1. The first-order chi connectivity index (χ1) is 18.9. The van der Waals surface area contributed by atoms with Crippen LogP contribution < -0.4 is 14.2 Å². The van der Waals surface area contributed by atoms with Crippen LogP contribution in [-0.4, -0.2) is 41.0 Å². The maximum atomic E-state index is 13.5. The second-order valence-electron chi connectivity index (χ2n) is 9.86. The third-order valence-corrected chi connectivity index (χ3v) is 6.95. The van der Waals surface area contributed by atoms with Gasteiger partial charge in [-0.3, -0.25) is 9.59 Å². The largest absolute Gasteiger partial charge is 0.507 e. The van der Waals surface area contributed by atoms with Gasteiger partial charge in [-0.05, 0) is 67.3 Å². The molecule has 2 aliphatic rings. The molecular weight excluding hydrogens is 494 g/mol. The molecular formula is C32H33NO6. The van der Waals surface area contributed by atoms with Gasteiger partial charge in [0.2, 0.25) is 0 Å². The first-order valence-corrected chi connectivity index (χ1v) is 13.4. The fraction of sp³-hybridized carbons (Fsp3) is 0.312.